The van der Waals surface area contributed by atoms with Crippen LogP contribution in [0.15, 0.2) is 6.07 Å². The molecule has 6 heteroatoms. The molecule has 2 saturated carbocycles. The zero-order valence-electron chi connectivity index (χ0n) is 12.6. The van der Waals surface area contributed by atoms with Crippen molar-refractivity contribution in [3.05, 3.63) is 17.5 Å². The molecule has 0 aliphatic heterocycles. The Bertz CT molecular complexity index is 561. The molecule has 1 aromatic heterocycles. The predicted molar refractivity (Wildman–Crippen MR) is 75.5 cm³/mol. The SMILES string of the molecule is COC(=O)[C@H]1[C@H]2CC[C@@H](C2)[C@@H]1NC(=O)c1cc(C)n(C)n1. The van der Waals surface area contributed by atoms with E-state index in [1.54, 1.807) is 17.8 Å². The predicted octanol–water partition coefficient (Wildman–Crippen LogP) is 1.05. The van der Waals surface area contributed by atoms with Crippen LogP contribution in [-0.2, 0) is 16.6 Å². The third-order valence-electron chi connectivity index (χ3n) is 5.03. The van der Waals surface area contributed by atoms with Crippen molar-refractivity contribution in [1.82, 2.24) is 15.1 Å². The van der Waals surface area contributed by atoms with Gasteiger partial charge in [0.15, 0.2) is 0 Å². The number of esters is 1. The minimum atomic E-state index is -0.206. The lowest BCUT2D eigenvalue weighted by Crippen LogP contribution is -2.47. The number of rotatable bonds is 3. The highest BCUT2D eigenvalue weighted by Gasteiger charge is 2.52. The summed E-state index contributed by atoms with van der Waals surface area (Å²) in [5, 5.41) is 7.21. The van der Waals surface area contributed by atoms with E-state index in [0.717, 1.165) is 25.0 Å². The molecular weight excluding hydrogens is 270 g/mol. The molecule has 1 heterocycles. The maximum Gasteiger partial charge on any atom is 0.311 e. The van der Waals surface area contributed by atoms with Crippen LogP contribution < -0.4 is 5.32 Å². The average molecular weight is 291 g/mol. The summed E-state index contributed by atoms with van der Waals surface area (Å²) in [5.74, 6) is 0.114. The third kappa shape index (κ3) is 2.32. The van der Waals surface area contributed by atoms with Crippen molar-refractivity contribution in [1.29, 1.82) is 0 Å². The van der Waals surface area contributed by atoms with Crippen LogP contribution in [-0.4, -0.2) is 34.8 Å². The summed E-state index contributed by atoms with van der Waals surface area (Å²) < 4.78 is 6.59. The van der Waals surface area contributed by atoms with Crippen LogP contribution in [0, 0.1) is 24.7 Å². The van der Waals surface area contributed by atoms with E-state index in [0.29, 0.717) is 17.5 Å². The Morgan fingerprint density at radius 3 is 2.71 bits per heavy atom. The number of hydrogen-bond acceptors (Lipinski definition) is 4. The first-order valence-corrected chi connectivity index (χ1v) is 7.40. The molecule has 2 aliphatic rings. The summed E-state index contributed by atoms with van der Waals surface area (Å²) in [6.07, 6.45) is 3.13. The number of aryl methyl sites for hydroxylation is 2. The zero-order valence-corrected chi connectivity index (χ0v) is 12.6. The lowest BCUT2D eigenvalue weighted by atomic mass is 9.84. The Balaban J connectivity index is 1.76. The number of aromatic nitrogens is 2. The van der Waals surface area contributed by atoms with E-state index < -0.39 is 0 Å². The van der Waals surface area contributed by atoms with Crippen LogP contribution in [0.1, 0.15) is 35.4 Å². The molecule has 114 valence electrons. The van der Waals surface area contributed by atoms with E-state index in [1.165, 1.54) is 7.11 Å². The second-order valence-electron chi connectivity index (χ2n) is 6.18. The molecule has 1 aromatic rings. The van der Waals surface area contributed by atoms with E-state index in [-0.39, 0.29) is 23.8 Å². The smallest absolute Gasteiger partial charge is 0.311 e. The summed E-state index contributed by atoms with van der Waals surface area (Å²) in [6.45, 7) is 1.90. The zero-order chi connectivity index (χ0) is 15.1. The van der Waals surface area contributed by atoms with Crippen LogP contribution >= 0.6 is 0 Å². The first kappa shape index (κ1) is 14.1. The summed E-state index contributed by atoms with van der Waals surface area (Å²) in [7, 11) is 3.22. The molecule has 0 radical (unpaired) electrons. The fraction of sp³-hybridized carbons (Fsp3) is 0.667. The topological polar surface area (TPSA) is 73.2 Å². The highest BCUT2D eigenvalue weighted by atomic mass is 16.5. The lowest BCUT2D eigenvalue weighted by molar-refractivity contribution is -0.148. The second-order valence-corrected chi connectivity index (χ2v) is 6.18. The maximum atomic E-state index is 12.4. The van der Waals surface area contributed by atoms with Gasteiger partial charge in [-0.15, -0.1) is 0 Å². The minimum absolute atomic E-state index is 0.119. The van der Waals surface area contributed by atoms with E-state index in [1.807, 2.05) is 6.92 Å². The molecule has 2 fully saturated rings. The van der Waals surface area contributed by atoms with E-state index in [9.17, 15) is 9.59 Å². The van der Waals surface area contributed by atoms with Gasteiger partial charge < -0.3 is 10.1 Å². The van der Waals surface area contributed by atoms with Gasteiger partial charge in [-0.05, 0) is 44.1 Å². The van der Waals surface area contributed by atoms with Gasteiger partial charge in [-0.25, -0.2) is 0 Å². The van der Waals surface area contributed by atoms with E-state index >= 15 is 0 Å². The van der Waals surface area contributed by atoms with Crippen molar-refractivity contribution in [3.63, 3.8) is 0 Å². The Kier molecular flexibility index (Phi) is 3.47. The van der Waals surface area contributed by atoms with Crippen LogP contribution in [0.5, 0.6) is 0 Å². The van der Waals surface area contributed by atoms with Crippen LogP contribution in [0.25, 0.3) is 0 Å². The molecule has 2 bridgehead atoms. The van der Waals surface area contributed by atoms with Crippen LogP contribution in [0.2, 0.25) is 0 Å². The average Bonchev–Trinajstić information content (AvgIpc) is 3.14. The van der Waals surface area contributed by atoms with Crippen molar-refractivity contribution < 1.29 is 14.3 Å². The van der Waals surface area contributed by atoms with Gasteiger partial charge in [0.1, 0.15) is 5.69 Å². The normalized spacial score (nSPS) is 30.4. The van der Waals surface area contributed by atoms with Gasteiger partial charge in [0.25, 0.3) is 5.91 Å². The van der Waals surface area contributed by atoms with Gasteiger partial charge >= 0.3 is 5.97 Å². The Hall–Kier alpha value is -1.85. The number of amides is 1. The molecule has 6 nitrogen and oxygen atoms in total. The number of hydrogen-bond donors (Lipinski definition) is 1. The molecule has 0 spiro atoms. The standard InChI is InChI=1S/C15H21N3O3/c1-8-6-11(17-18(8)2)14(19)16-13-10-5-4-9(7-10)12(13)15(20)21-3/h6,9-10,12-13H,4-5,7H2,1-3H3,(H,16,19)/t9-,10-,12-,13-/m0/s1. The van der Waals surface area contributed by atoms with Gasteiger partial charge in [-0.1, -0.05) is 0 Å². The number of nitrogens with zero attached hydrogens (tertiary/aromatic N) is 2. The van der Waals surface area contributed by atoms with Crippen molar-refractivity contribution >= 4 is 11.9 Å². The minimum Gasteiger partial charge on any atom is -0.469 e. The number of carbonyl (C=O) groups excluding carboxylic acids is 2. The fourth-order valence-electron chi connectivity index (χ4n) is 3.87. The maximum absolute atomic E-state index is 12.4. The Morgan fingerprint density at radius 1 is 1.38 bits per heavy atom. The van der Waals surface area contributed by atoms with Crippen molar-refractivity contribution in [2.24, 2.45) is 24.8 Å². The van der Waals surface area contributed by atoms with Gasteiger partial charge in [0, 0.05) is 18.8 Å². The molecule has 21 heavy (non-hydrogen) atoms. The Morgan fingerprint density at radius 2 is 2.10 bits per heavy atom. The lowest BCUT2D eigenvalue weighted by Gasteiger charge is -2.29. The van der Waals surface area contributed by atoms with Crippen molar-refractivity contribution in [2.45, 2.75) is 32.2 Å². The monoisotopic (exact) mass is 291 g/mol. The number of carbonyl (C=O) groups is 2. The van der Waals surface area contributed by atoms with Crippen LogP contribution in [0.4, 0.5) is 0 Å². The second kappa shape index (κ2) is 5.16. The first-order valence-electron chi connectivity index (χ1n) is 7.40. The number of ether oxygens (including phenoxy) is 1. The van der Waals surface area contributed by atoms with E-state index in [2.05, 4.69) is 10.4 Å². The summed E-state index contributed by atoms with van der Waals surface area (Å²) >= 11 is 0. The number of nitrogens with one attached hydrogen (secondary N) is 1. The highest BCUT2D eigenvalue weighted by Crippen LogP contribution is 2.48. The highest BCUT2D eigenvalue weighted by molar-refractivity contribution is 5.93. The molecule has 1 amide bonds. The van der Waals surface area contributed by atoms with Crippen LogP contribution in [0.3, 0.4) is 0 Å². The molecule has 0 saturated heterocycles. The quantitative estimate of drug-likeness (QED) is 0.845. The van der Waals surface area contributed by atoms with E-state index in [4.69, 9.17) is 4.74 Å². The van der Waals surface area contributed by atoms with Gasteiger partial charge in [0.2, 0.25) is 0 Å². The molecule has 2 aliphatic carbocycles. The Labute approximate surface area is 123 Å². The molecule has 0 aromatic carbocycles. The molecule has 3 rings (SSSR count). The molecular formula is C15H21N3O3. The number of methoxy groups -OCH3 is 1. The number of fused-ring (bicyclic) bond motifs is 2. The summed E-state index contributed by atoms with van der Waals surface area (Å²) in [6, 6.07) is 1.64. The summed E-state index contributed by atoms with van der Waals surface area (Å²) in [5.41, 5.74) is 1.33. The van der Waals surface area contributed by atoms with Gasteiger partial charge in [-0.2, -0.15) is 5.10 Å². The van der Waals surface area contributed by atoms with Crippen molar-refractivity contribution in [3.8, 4) is 0 Å². The molecule has 4 atom stereocenters. The van der Waals surface area contributed by atoms with Crippen molar-refractivity contribution in [2.75, 3.05) is 7.11 Å². The molecule has 1 N–H and O–H groups in total. The third-order valence-corrected chi connectivity index (χ3v) is 5.03. The summed E-state index contributed by atoms with van der Waals surface area (Å²) in [4.78, 5) is 24.4. The molecule has 0 unspecified atom stereocenters. The fourth-order valence-corrected chi connectivity index (χ4v) is 3.87. The van der Waals surface area contributed by atoms with Gasteiger partial charge in [-0.3, -0.25) is 14.3 Å². The first-order chi connectivity index (χ1) is 10.0. The van der Waals surface area contributed by atoms with Gasteiger partial charge in [0.05, 0.1) is 13.0 Å². The largest absolute Gasteiger partial charge is 0.469 e.